The lowest BCUT2D eigenvalue weighted by atomic mass is 10.1. The fourth-order valence-electron chi connectivity index (χ4n) is 2.74. The van der Waals surface area contributed by atoms with E-state index >= 15 is 0 Å². The highest BCUT2D eigenvalue weighted by Gasteiger charge is 2.16. The first-order chi connectivity index (χ1) is 12.6. The minimum atomic E-state index is -0.156. The molecule has 1 atom stereocenters. The summed E-state index contributed by atoms with van der Waals surface area (Å²) in [5.74, 6) is 1.20. The number of hydrogen-bond donors (Lipinski definition) is 2. The van der Waals surface area contributed by atoms with Crippen LogP contribution in [0, 0.1) is 0 Å². The molecule has 0 aromatic heterocycles. The Kier molecular flexibility index (Phi) is 5.73. The summed E-state index contributed by atoms with van der Waals surface area (Å²) < 4.78 is 10.6. The van der Waals surface area contributed by atoms with Gasteiger partial charge in [0.25, 0.3) is 0 Å². The number of hydrogen-bond acceptors (Lipinski definition) is 4. The molecule has 2 aromatic rings. The lowest BCUT2D eigenvalue weighted by molar-refractivity contribution is -0.122. The predicted molar refractivity (Wildman–Crippen MR) is 96.9 cm³/mol. The van der Waals surface area contributed by atoms with E-state index in [-0.39, 0.29) is 31.1 Å². The minimum absolute atomic E-state index is 0.0900. The SMILES string of the molecule is CC(NC(=O)CCNC(=O)Cc1ccccc1)c1ccc2c(c1)OCO2. The van der Waals surface area contributed by atoms with Gasteiger partial charge in [0.2, 0.25) is 18.6 Å². The van der Waals surface area contributed by atoms with Crippen LogP contribution in [0.5, 0.6) is 11.5 Å². The van der Waals surface area contributed by atoms with Gasteiger partial charge in [-0.25, -0.2) is 0 Å². The smallest absolute Gasteiger partial charge is 0.231 e. The molecule has 0 saturated heterocycles. The van der Waals surface area contributed by atoms with Crippen molar-refractivity contribution in [2.24, 2.45) is 0 Å². The van der Waals surface area contributed by atoms with Crippen molar-refractivity contribution in [1.82, 2.24) is 10.6 Å². The molecule has 6 nitrogen and oxygen atoms in total. The number of amides is 2. The van der Waals surface area contributed by atoms with Crippen LogP contribution in [-0.4, -0.2) is 25.2 Å². The zero-order chi connectivity index (χ0) is 18.4. The molecular weight excluding hydrogens is 332 g/mol. The predicted octanol–water partition coefficient (Wildman–Crippen LogP) is 2.34. The first-order valence-electron chi connectivity index (χ1n) is 8.61. The number of ether oxygens (including phenoxy) is 2. The van der Waals surface area contributed by atoms with E-state index in [1.54, 1.807) is 0 Å². The van der Waals surface area contributed by atoms with Gasteiger partial charge in [0.1, 0.15) is 0 Å². The summed E-state index contributed by atoms with van der Waals surface area (Å²) in [4.78, 5) is 24.0. The molecule has 0 radical (unpaired) electrons. The fourth-order valence-corrected chi connectivity index (χ4v) is 2.74. The molecule has 1 aliphatic rings. The Morgan fingerprint density at radius 1 is 1.04 bits per heavy atom. The molecule has 136 valence electrons. The highest BCUT2D eigenvalue weighted by Crippen LogP contribution is 2.34. The molecule has 3 rings (SSSR count). The second-order valence-electron chi connectivity index (χ2n) is 6.16. The first kappa shape index (κ1) is 17.8. The molecule has 0 fully saturated rings. The van der Waals surface area contributed by atoms with Crippen LogP contribution >= 0.6 is 0 Å². The lowest BCUT2D eigenvalue weighted by Crippen LogP contribution is -2.32. The van der Waals surface area contributed by atoms with Crippen LogP contribution in [0.25, 0.3) is 0 Å². The van der Waals surface area contributed by atoms with E-state index in [4.69, 9.17) is 9.47 Å². The van der Waals surface area contributed by atoms with Gasteiger partial charge in [-0.3, -0.25) is 9.59 Å². The molecule has 1 unspecified atom stereocenters. The van der Waals surface area contributed by atoms with Crippen LogP contribution in [0.3, 0.4) is 0 Å². The molecule has 26 heavy (non-hydrogen) atoms. The second-order valence-corrected chi connectivity index (χ2v) is 6.16. The third-order valence-electron chi connectivity index (χ3n) is 4.16. The van der Waals surface area contributed by atoms with Crippen molar-refractivity contribution in [3.63, 3.8) is 0 Å². The van der Waals surface area contributed by atoms with Crippen LogP contribution in [0.2, 0.25) is 0 Å². The Bertz CT molecular complexity index is 777. The Morgan fingerprint density at radius 2 is 1.81 bits per heavy atom. The molecule has 2 aromatic carbocycles. The number of benzene rings is 2. The maximum Gasteiger partial charge on any atom is 0.231 e. The van der Waals surface area contributed by atoms with Crippen LogP contribution in [0.4, 0.5) is 0 Å². The Labute approximate surface area is 152 Å². The summed E-state index contributed by atoms with van der Waals surface area (Å²) in [5.41, 5.74) is 1.89. The Morgan fingerprint density at radius 3 is 2.62 bits per heavy atom. The van der Waals surface area contributed by atoms with Crippen LogP contribution in [-0.2, 0) is 16.0 Å². The summed E-state index contributed by atoms with van der Waals surface area (Å²) in [6.45, 7) is 2.44. The largest absolute Gasteiger partial charge is 0.454 e. The minimum Gasteiger partial charge on any atom is -0.454 e. The van der Waals surface area contributed by atoms with Gasteiger partial charge >= 0.3 is 0 Å². The highest BCUT2D eigenvalue weighted by atomic mass is 16.7. The number of rotatable bonds is 7. The van der Waals surface area contributed by atoms with Crippen LogP contribution in [0.1, 0.15) is 30.5 Å². The molecule has 0 spiro atoms. The monoisotopic (exact) mass is 354 g/mol. The van der Waals surface area contributed by atoms with Crippen molar-refractivity contribution in [3.05, 3.63) is 59.7 Å². The van der Waals surface area contributed by atoms with E-state index in [1.807, 2.05) is 55.5 Å². The second kappa shape index (κ2) is 8.38. The summed E-state index contributed by atoms with van der Waals surface area (Å²) in [7, 11) is 0. The lowest BCUT2D eigenvalue weighted by Gasteiger charge is -2.15. The zero-order valence-corrected chi connectivity index (χ0v) is 14.7. The number of carbonyl (C=O) groups is 2. The highest BCUT2D eigenvalue weighted by molar-refractivity contribution is 5.80. The normalized spacial score (nSPS) is 13.1. The average Bonchev–Trinajstić information content (AvgIpc) is 3.10. The summed E-state index contributed by atoms with van der Waals surface area (Å²) >= 11 is 0. The molecule has 2 amide bonds. The molecule has 1 heterocycles. The van der Waals surface area contributed by atoms with Crippen molar-refractivity contribution in [3.8, 4) is 11.5 Å². The van der Waals surface area contributed by atoms with Gasteiger partial charge in [0, 0.05) is 13.0 Å². The van der Waals surface area contributed by atoms with Crippen LogP contribution in [0.15, 0.2) is 48.5 Å². The van der Waals surface area contributed by atoms with Gasteiger partial charge in [-0.05, 0) is 30.2 Å². The van der Waals surface area contributed by atoms with Gasteiger partial charge < -0.3 is 20.1 Å². The van der Waals surface area contributed by atoms with Gasteiger partial charge in [-0.1, -0.05) is 36.4 Å². The molecular formula is C20H22N2O4. The number of carbonyl (C=O) groups excluding carboxylic acids is 2. The molecule has 6 heteroatoms. The molecule has 1 aliphatic heterocycles. The van der Waals surface area contributed by atoms with E-state index in [0.717, 1.165) is 11.1 Å². The Hall–Kier alpha value is -3.02. The third-order valence-corrected chi connectivity index (χ3v) is 4.16. The van der Waals surface area contributed by atoms with Gasteiger partial charge in [-0.2, -0.15) is 0 Å². The fraction of sp³-hybridized carbons (Fsp3) is 0.300. The number of fused-ring (bicyclic) bond motifs is 1. The third kappa shape index (κ3) is 4.75. The average molecular weight is 354 g/mol. The maximum atomic E-state index is 12.1. The zero-order valence-electron chi connectivity index (χ0n) is 14.7. The van der Waals surface area contributed by atoms with Gasteiger partial charge in [0.15, 0.2) is 11.5 Å². The van der Waals surface area contributed by atoms with Crippen molar-refractivity contribution < 1.29 is 19.1 Å². The van der Waals surface area contributed by atoms with Crippen molar-refractivity contribution in [2.75, 3.05) is 13.3 Å². The quantitative estimate of drug-likeness (QED) is 0.800. The standard InChI is InChI=1S/C20H22N2O4/c1-14(16-7-8-17-18(12-16)26-13-25-17)22-19(23)9-10-21-20(24)11-15-5-3-2-4-6-15/h2-8,12,14H,9-11,13H2,1H3,(H,21,24)(H,22,23). The van der Waals surface area contributed by atoms with Crippen molar-refractivity contribution in [2.45, 2.75) is 25.8 Å². The maximum absolute atomic E-state index is 12.1. The van der Waals surface area contributed by atoms with E-state index in [2.05, 4.69) is 10.6 Å². The molecule has 0 aliphatic carbocycles. The number of nitrogens with one attached hydrogen (secondary N) is 2. The van der Waals surface area contributed by atoms with Crippen molar-refractivity contribution in [1.29, 1.82) is 0 Å². The first-order valence-corrected chi connectivity index (χ1v) is 8.61. The topological polar surface area (TPSA) is 76.7 Å². The Balaban J connectivity index is 1.40. The summed E-state index contributed by atoms with van der Waals surface area (Å²) in [6.07, 6.45) is 0.547. The van der Waals surface area contributed by atoms with Gasteiger partial charge in [-0.15, -0.1) is 0 Å². The van der Waals surface area contributed by atoms with Crippen LogP contribution < -0.4 is 20.1 Å². The van der Waals surface area contributed by atoms with E-state index in [1.165, 1.54) is 0 Å². The molecule has 0 saturated carbocycles. The summed E-state index contributed by atoms with van der Waals surface area (Å²) in [6, 6.07) is 15.0. The summed E-state index contributed by atoms with van der Waals surface area (Å²) in [5, 5.41) is 5.70. The van der Waals surface area contributed by atoms with E-state index in [0.29, 0.717) is 24.5 Å². The van der Waals surface area contributed by atoms with Crippen molar-refractivity contribution >= 4 is 11.8 Å². The molecule has 0 bridgehead atoms. The van der Waals surface area contributed by atoms with Gasteiger partial charge in [0.05, 0.1) is 12.5 Å². The molecule has 2 N–H and O–H groups in total. The van der Waals surface area contributed by atoms with E-state index in [9.17, 15) is 9.59 Å². The van der Waals surface area contributed by atoms with E-state index < -0.39 is 0 Å².